The lowest BCUT2D eigenvalue weighted by Crippen LogP contribution is -2.46. The molecule has 156 valence electrons. The van der Waals surface area contributed by atoms with Crippen molar-refractivity contribution in [2.45, 2.75) is 19.8 Å². The van der Waals surface area contributed by atoms with Crippen LogP contribution in [0.1, 0.15) is 35.7 Å². The van der Waals surface area contributed by atoms with Gasteiger partial charge in [-0.1, -0.05) is 37.5 Å². The molecule has 2 aromatic carbocycles. The van der Waals surface area contributed by atoms with Crippen molar-refractivity contribution in [3.63, 3.8) is 0 Å². The highest BCUT2D eigenvalue weighted by molar-refractivity contribution is 6.07. The average Bonchev–Trinajstić information content (AvgIpc) is 2.81. The van der Waals surface area contributed by atoms with E-state index in [1.807, 2.05) is 42.5 Å². The van der Waals surface area contributed by atoms with Gasteiger partial charge in [-0.3, -0.25) is 9.69 Å². The zero-order valence-corrected chi connectivity index (χ0v) is 17.7. The molecule has 0 radical (unpaired) electrons. The average molecular weight is 403 g/mol. The van der Waals surface area contributed by atoms with Crippen molar-refractivity contribution in [2.24, 2.45) is 0 Å². The van der Waals surface area contributed by atoms with E-state index in [1.165, 1.54) is 25.1 Å². The lowest BCUT2D eigenvalue weighted by molar-refractivity contribution is 0.104. The second-order valence-electron chi connectivity index (χ2n) is 7.49. The van der Waals surface area contributed by atoms with Crippen LogP contribution in [0, 0.1) is 12.3 Å². The first-order valence-corrected chi connectivity index (χ1v) is 10.7. The van der Waals surface area contributed by atoms with Crippen LogP contribution < -0.4 is 9.64 Å². The number of hydrogen-bond acceptors (Lipinski definition) is 4. The summed E-state index contributed by atoms with van der Waals surface area (Å²) >= 11 is 0. The number of allylic oxidation sites excluding steroid dienone is 1. The number of nitrogens with zero attached hydrogens (tertiary/aromatic N) is 2. The van der Waals surface area contributed by atoms with Crippen molar-refractivity contribution in [3.05, 3.63) is 65.7 Å². The minimum absolute atomic E-state index is 0.00130. The molecular weight excluding hydrogens is 372 g/mol. The molecule has 1 fully saturated rings. The van der Waals surface area contributed by atoms with Gasteiger partial charge >= 0.3 is 0 Å². The number of rotatable bonds is 9. The van der Waals surface area contributed by atoms with Crippen LogP contribution in [0.3, 0.4) is 0 Å². The molecule has 0 spiro atoms. The molecule has 3 rings (SSSR count). The lowest BCUT2D eigenvalue weighted by Gasteiger charge is -2.36. The SMILES string of the molecule is C#CCOc1ccc(/C=C/C(=O)c2ccc(N3CCN(CCCC)CC3)cc2)cc1. The van der Waals surface area contributed by atoms with E-state index in [1.54, 1.807) is 6.08 Å². The Kier molecular flexibility index (Phi) is 8.11. The standard InChI is InChI=1S/C26H30N2O2/c1-3-5-16-27-17-19-28(20-18-27)24-11-9-23(10-12-24)26(29)15-8-22-6-13-25(14-7-22)30-21-4-2/h2,6-15H,3,5,16-21H2,1H3/b15-8+. The summed E-state index contributed by atoms with van der Waals surface area (Å²) in [6, 6.07) is 15.4. The number of ether oxygens (including phenoxy) is 1. The number of carbonyl (C=O) groups is 1. The largest absolute Gasteiger partial charge is 0.481 e. The Morgan fingerprint density at radius 1 is 1.07 bits per heavy atom. The zero-order chi connectivity index (χ0) is 21.2. The van der Waals surface area contributed by atoms with Crippen molar-refractivity contribution >= 4 is 17.5 Å². The smallest absolute Gasteiger partial charge is 0.185 e. The number of anilines is 1. The van der Waals surface area contributed by atoms with Gasteiger partial charge < -0.3 is 9.64 Å². The Morgan fingerprint density at radius 2 is 1.77 bits per heavy atom. The number of piperazine rings is 1. The molecule has 4 heteroatoms. The normalized spacial score (nSPS) is 14.6. The summed E-state index contributed by atoms with van der Waals surface area (Å²) in [7, 11) is 0. The predicted octanol–water partition coefficient (Wildman–Crippen LogP) is 4.52. The summed E-state index contributed by atoms with van der Waals surface area (Å²) in [6.45, 7) is 7.98. The summed E-state index contributed by atoms with van der Waals surface area (Å²) in [4.78, 5) is 17.4. The summed E-state index contributed by atoms with van der Waals surface area (Å²) < 4.78 is 5.36. The van der Waals surface area contributed by atoms with Gasteiger partial charge in [-0.25, -0.2) is 0 Å². The highest BCUT2D eigenvalue weighted by Crippen LogP contribution is 2.19. The first-order chi connectivity index (χ1) is 14.7. The van der Waals surface area contributed by atoms with Gasteiger partial charge in [0.25, 0.3) is 0 Å². The summed E-state index contributed by atoms with van der Waals surface area (Å²) in [6.07, 6.45) is 11.1. The Hall–Kier alpha value is -3.03. The molecule has 30 heavy (non-hydrogen) atoms. The molecule has 0 unspecified atom stereocenters. The third kappa shape index (κ3) is 6.23. The van der Waals surface area contributed by atoms with Crippen LogP contribution in [0.25, 0.3) is 6.08 Å². The Bertz CT molecular complexity index is 871. The van der Waals surface area contributed by atoms with E-state index in [0.29, 0.717) is 5.56 Å². The van der Waals surface area contributed by atoms with E-state index >= 15 is 0 Å². The van der Waals surface area contributed by atoms with E-state index in [4.69, 9.17) is 11.2 Å². The second-order valence-corrected chi connectivity index (χ2v) is 7.49. The summed E-state index contributed by atoms with van der Waals surface area (Å²) in [5.41, 5.74) is 2.83. The van der Waals surface area contributed by atoms with Gasteiger partial charge in [0.1, 0.15) is 12.4 Å². The molecule has 2 aromatic rings. The fourth-order valence-electron chi connectivity index (χ4n) is 3.52. The number of ketones is 1. The number of terminal acetylenes is 1. The van der Waals surface area contributed by atoms with Gasteiger partial charge in [0.15, 0.2) is 5.78 Å². The first kappa shape index (κ1) is 21.7. The minimum atomic E-state index is -0.00130. The van der Waals surface area contributed by atoms with E-state index in [0.717, 1.165) is 37.5 Å². The summed E-state index contributed by atoms with van der Waals surface area (Å²) in [5, 5.41) is 0. The fourth-order valence-corrected chi connectivity index (χ4v) is 3.52. The van der Waals surface area contributed by atoms with E-state index < -0.39 is 0 Å². The molecule has 0 bridgehead atoms. The number of carbonyl (C=O) groups excluding carboxylic acids is 1. The third-order valence-corrected chi connectivity index (χ3v) is 5.35. The van der Waals surface area contributed by atoms with Gasteiger partial charge in [-0.05, 0) is 61.0 Å². The highest BCUT2D eigenvalue weighted by atomic mass is 16.5. The lowest BCUT2D eigenvalue weighted by atomic mass is 10.1. The molecular formula is C26H30N2O2. The van der Waals surface area contributed by atoms with Crippen LogP contribution in [0.4, 0.5) is 5.69 Å². The van der Waals surface area contributed by atoms with E-state index in [-0.39, 0.29) is 12.4 Å². The van der Waals surface area contributed by atoms with Crippen molar-refractivity contribution in [1.82, 2.24) is 4.90 Å². The minimum Gasteiger partial charge on any atom is -0.481 e. The van der Waals surface area contributed by atoms with Crippen LogP contribution in [0.2, 0.25) is 0 Å². The highest BCUT2D eigenvalue weighted by Gasteiger charge is 2.16. The molecule has 4 nitrogen and oxygen atoms in total. The Balaban J connectivity index is 1.52. The molecule has 0 atom stereocenters. The van der Waals surface area contributed by atoms with Gasteiger partial charge in [-0.15, -0.1) is 6.42 Å². The van der Waals surface area contributed by atoms with E-state index in [9.17, 15) is 4.79 Å². The Labute approximate surface area is 180 Å². The molecule has 0 aliphatic carbocycles. The van der Waals surface area contributed by atoms with Gasteiger partial charge in [0.2, 0.25) is 0 Å². The number of benzene rings is 2. The molecule has 1 aliphatic rings. The van der Waals surface area contributed by atoms with Gasteiger partial charge in [0, 0.05) is 37.4 Å². The van der Waals surface area contributed by atoms with Crippen molar-refractivity contribution in [3.8, 4) is 18.1 Å². The molecule has 0 amide bonds. The van der Waals surface area contributed by atoms with Crippen LogP contribution >= 0.6 is 0 Å². The van der Waals surface area contributed by atoms with Gasteiger partial charge in [-0.2, -0.15) is 0 Å². The maximum Gasteiger partial charge on any atom is 0.185 e. The molecule has 1 saturated heterocycles. The van der Waals surface area contributed by atoms with Crippen LogP contribution in [-0.2, 0) is 0 Å². The third-order valence-electron chi connectivity index (χ3n) is 5.35. The molecule has 0 saturated carbocycles. The van der Waals surface area contributed by atoms with Gasteiger partial charge in [0.05, 0.1) is 0 Å². The van der Waals surface area contributed by atoms with E-state index in [2.05, 4.69) is 34.8 Å². The molecule has 1 aliphatic heterocycles. The number of hydrogen-bond donors (Lipinski definition) is 0. The fraction of sp³-hybridized carbons (Fsp3) is 0.346. The van der Waals surface area contributed by atoms with Crippen molar-refractivity contribution < 1.29 is 9.53 Å². The molecule has 0 aromatic heterocycles. The quantitative estimate of drug-likeness (QED) is 0.351. The topological polar surface area (TPSA) is 32.8 Å². The van der Waals surface area contributed by atoms with Crippen molar-refractivity contribution in [2.75, 3.05) is 44.2 Å². The molecule has 0 N–H and O–H groups in total. The van der Waals surface area contributed by atoms with Crippen LogP contribution in [0.5, 0.6) is 5.75 Å². The maximum atomic E-state index is 12.5. The number of unbranched alkanes of at least 4 members (excludes halogenated alkanes) is 1. The maximum absolute atomic E-state index is 12.5. The zero-order valence-electron chi connectivity index (χ0n) is 17.7. The monoisotopic (exact) mass is 402 g/mol. The first-order valence-electron chi connectivity index (χ1n) is 10.7. The summed E-state index contributed by atoms with van der Waals surface area (Å²) in [5.74, 6) is 3.16. The van der Waals surface area contributed by atoms with Crippen LogP contribution in [0.15, 0.2) is 54.6 Å². The second kappa shape index (κ2) is 11.2. The molecule has 1 heterocycles. The van der Waals surface area contributed by atoms with Crippen LogP contribution in [-0.4, -0.2) is 50.0 Å². The Morgan fingerprint density at radius 3 is 2.40 bits per heavy atom. The van der Waals surface area contributed by atoms with Crippen molar-refractivity contribution in [1.29, 1.82) is 0 Å². The predicted molar refractivity (Wildman–Crippen MR) is 124 cm³/mol.